The van der Waals surface area contributed by atoms with Crippen molar-refractivity contribution in [1.82, 2.24) is 4.90 Å². The van der Waals surface area contributed by atoms with E-state index in [1.165, 1.54) is 17.5 Å². The molecular formula is C28H39NO3. The van der Waals surface area contributed by atoms with Gasteiger partial charge in [-0.1, -0.05) is 39.8 Å². The maximum atomic E-state index is 12.1. The molecule has 2 spiro atoms. The highest BCUT2D eigenvalue weighted by molar-refractivity contribution is 5.63. The molecule has 4 heteroatoms. The maximum Gasteiger partial charge on any atom is 0.165 e. The average Bonchev–Trinajstić information content (AvgIpc) is 3.08. The Kier molecular flexibility index (Phi) is 3.90. The summed E-state index contributed by atoms with van der Waals surface area (Å²) in [5.74, 6) is 1.18. The SMILES string of the molecule is C=CCN1CC[C@]23c4c5ccc(O)c4O[C@H]2C2(C)CC[C@@]3(C[C@@H]2[C@](C)(O)C(C)(C)C)[C@H]1C5. The molecule has 1 aromatic carbocycles. The summed E-state index contributed by atoms with van der Waals surface area (Å²) in [6.07, 6.45) is 7.38. The number of hydrogen-bond acceptors (Lipinski definition) is 4. The first kappa shape index (κ1) is 21.0. The summed E-state index contributed by atoms with van der Waals surface area (Å²) < 4.78 is 6.87. The van der Waals surface area contributed by atoms with Crippen molar-refractivity contribution >= 4 is 0 Å². The van der Waals surface area contributed by atoms with Gasteiger partial charge in [0, 0.05) is 34.4 Å². The molecule has 0 aromatic heterocycles. The summed E-state index contributed by atoms with van der Waals surface area (Å²) in [6, 6.07) is 4.40. The molecule has 174 valence electrons. The van der Waals surface area contributed by atoms with Crippen LogP contribution in [0.3, 0.4) is 0 Å². The number of aromatic hydroxyl groups is 1. The molecule has 1 saturated heterocycles. The molecule has 32 heavy (non-hydrogen) atoms. The van der Waals surface area contributed by atoms with Crippen molar-refractivity contribution in [2.24, 2.45) is 22.2 Å². The van der Waals surface area contributed by atoms with Crippen molar-refractivity contribution in [2.45, 2.75) is 89.9 Å². The van der Waals surface area contributed by atoms with E-state index < -0.39 is 5.60 Å². The summed E-state index contributed by atoms with van der Waals surface area (Å²) in [4.78, 5) is 2.65. The van der Waals surface area contributed by atoms with Gasteiger partial charge < -0.3 is 14.9 Å². The maximum absolute atomic E-state index is 12.1. The van der Waals surface area contributed by atoms with Gasteiger partial charge in [-0.2, -0.15) is 0 Å². The lowest BCUT2D eigenvalue weighted by Gasteiger charge is -2.75. The number of rotatable bonds is 3. The van der Waals surface area contributed by atoms with Crippen LogP contribution >= 0.6 is 0 Å². The monoisotopic (exact) mass is 437 g/mol. The fraction of sp³-hybridized carbons (Fsp3) is 0.714. The lowest BCUT2D eigenvalue weighted by molar-refractivity contribution is -0.275. The number of phenolic OH excluding ortho intramolecular Hbond substituents is 1. The van der Waals surface area contributed by atoms with Gasteiger partial charge in [-0.25, -0.2) is 0 Å². The lowest BCUT2D eigenvalue weighted by atomic mass is 9.31. The molecule has 1 aromatic rings. The van der Waals surface area contributed by atoms with Crippen LogP contribution in [0.5, 0.6) is 11.5 Å². The van der Waals surface area contributed by atoms with Crippen molar-refractivity contribution in [3.05, 3.63) is 35.9 Å². The Morgan fingerprint density at radius 2 is 1.97 bits per heavy atom. The van der Waals surface area contributed by atoms with E-state index in [-0.39, 0.29) is 39.4 Å². The Morgan fingerprint density at radius 3 is 2.66 bits per heavy atom. The molecule has 7 atom stereocenters. The van der Waals surface area contributed by atoms with Crippen LogP contribution in [-0.2, 0) is 11.8 Å². The number of ether oxygens (including phenoxy) is 1. The van der Waals surface area contributed by atoms with E-state index in [1.807, 2.05) is 12.1 Å². The molecule has 0 radical (unpaired) electrons. The van der Waals surface area contributed by atoms with Gasteiger partial charge in [0.15, 0.2) is 11.5 Å². The van der Waals surface area contributed by atoms with E-state index in [2.05, 4.69) is 52.2 Å². The molecule has 1 unspecified atom stereocenters. The zero-order valence-electron chi connectivity index (χ0n) is 20.4. The second-order valence-corrected chi connectivity index (χ2v) is 13.0. The van der Waals surface area contributed by atoms with Gasteiger partial charge in [-0.05, 0) is 68.5 Å². The van der Waals surface area contributed by atoms with Crippen molar-refractivity contribution < 1.29 is 14.9 Å². The number of aliphatic hydroxyl groups is 1. The highest BCUT2D eigenvalue weighted by atomic mass is 16.5. The first-order valence-electron chi connectivity index (χ1n) is 12.5. The van der Waals surface area contributed by atoms with Gasteiger partial charge in [0.05, 0.1) is 5.60 Å². The smallest absolute Gasteiger partial charge is 0.165 e. The van der Waals surface area contributed by atoms with E-state index in [0.29, 0.717) is 6.04 Å². The standard InChI is InChI=1S/C28H39NO3/c1-7-13-29-14-12-28-21-17-8-9-18(30)22(21)32-23(28)25(5)10-11-27(28,20(29)15-17)16-19(25)26(6,31)24(2,3)4/h7-9,19-20,23,30-31H,1,10-16H2,2-6H3/t19-,20+,23-,25?,26-,27+,28-/m0/s1. The molecule has 4 bridgehead atoms. The molecule has 2 heterocycles. The number of nitrogens with zero attached hydrogens (tertiary/aromatic N) is 1. The number of phenols is 1. The molecule has 0 amide bonds. The minimum atomic E-state index is -0.811. The summed E-state index contributed by atoms with van der Waals surface area (Å²) >= 11 is 0. The van der Waals surface area contributed by atoms with Crippen molar-refractivity contribution in [1.29, 1.82) is 0 Å². The third-order valence-electron chi connectivity index (χ3n) is 11.2. The van der Waals surface area contributed by atoms with E-state index in [9.17, 15) is 10.2 Å². The largest absolute Gasteiger partial charge is 0.504 e. The second kappa shape index (κ2) is 5.93. The second-order valence-electron chi connectivity index (χ2n) is 13.0. The van der Waals surface area contributed by atoms with Crippen molar-refractivity contribution in [3.63, 3.8) is 0 Å². The predicted octanol–water partition coefficient (Wildman–Crippen LogP) is 4.81. The van der Waals surface area contributed by atoms with Gasteiger partial charge in [0.1, 0.15) is 6.10 Å². The highest BCUT2D eigenvalue weighted by Crippen LogP contribution is 2.79. The number of likely N-dealkylation sites (tertiary alicyclic amines) is 1. The zero-order valence-corrected chi connectivity index (χ0v) is 20.4. The van der Waals surface area contributed by atoms with Gasteiger partial charge in [0.2, 0.25) is 0 Å². The van der Waals surface area contributed by atoms with E-state index >= 15 is 0 Å². The van der Waals surface area contributed by atoms with Gasteiger partial charge in [0.25, 0.3) is 0 Å². The first-order valence-corrected chi connectivity index (χ1v) is 12.5. The molecule has 2 aliphatic heterocycles. The quantitative estimate of drug-likeness (QED) is 0.667. The highest BCUT2D eigenvalue weighted by Gasteiger charge is 2.80. The van der Waals surface area contributed by atoms with Crippen LogP contribution in [0.4, 0.5) is 0 Å². The fourth-order valence-corrected chi connectivity index (χ4v) is 9.24. The van der Waals surface area contributed by atoms with Gasteiger partial charge in [-0.15, -0.1) is 6.58 Å². The number of piperidine rings is 1. The Balaban J connectivity index is 1.62. The van der Waals surface area contributed by atoms with Crippen LogP contribution < -0.4 is 4.74 Å². The molecular weight excluding hydrogens is 398 g/mol. The molecule has 4 aliphatic carbocycles. The topological polar surface area (TPSA) is 52.9 Å². The minimum Gasteiger partial charge on any atom is -0.504 e. The van der Waals surface area contributed by atoms with Crippen LogP contribution in [-0.4, -0.2) is 45.9 Å². The molecule has 3 saturated carbocycles. The molecule has 7 rings (SSSR count). The molecule has 2 N–H and O–H groups in total. The normalized spacial score (nSPS) is 43.4. The van der Waals surface area contributed by atoms with Crippen LogP contribution in [0, 0.1) is 22.2 Å². The van der Waals surface area contributed by atoms with Crippen LogP contribution in [0.25, 0.3) is 0 Å². The predicted molar refractivity (Wildman–Crippen MR) is 126 cm³/mol. The Labute approximate surface area is 192 Å². The minimum absolute atomic E-state index is 0.00653. The molecule has 4 nitrogen and oxygen atoms in total. The first-order chi connectivity index (χ1) is 14.9. The number of hydrogen-bond donors (Lipinski definition) is 2. The fourth-order valence-electron chi connectivity index (χ4n) is 9.24. The zero-order chi connectivity index (χ0) is 22.9. The van der Waals surface area contributed by atoms with E-state index in [0.717, 1.165) is 44.5 Å². The van der Waals surface area contributed by atoms with E-state index in [4.69, 9.17) is 4.74 Å². The summed E-state index contributed by atoms with van der Waals surface area (Å²) in [5.41, 5.74) is 1.50. The summed E-state index contributed by atoms with van der Waals surface area (Å²) in [7, 11) is 0. The van der Waals surface area contributed by atoms with Gasteiger partial charge >= 0.3 is 0 Å². The number of fused-ring (bicyclic) bond motifs is 2. The Morgan fingerprint density at radius 1 is 1.22 bits per heavy atom. The third kappa shape index (κ3) is 2.05. The van der Waals surface area contributed by atoms with Crippen LogP contribution in [0.1, 0.15) is 71.4 Å². The third-order valence-corrected chi connectivity index (χ3v) is 11.2. The van der Waals surface area contributed by atoms with Crippen molar-refractivity contribution in [2.75, 3.05) is 13.1 Å². The molecule has 6 aliphatic rings. The van der Waals surface area contributed by atoms with Crippen LogP contribution in [0.15, 0.2) is 24.8 Å². The Hall–Kier alpha value is -1.52. The molecule has 4 fully saturated rings. The Bertz CT molecular complexity index is 1010. The van der Waals surface area contributed by atoms with Gasteiger partial charge in [-0.3, -0.25) is 4.90 Å². The average molecular weight is 438 g/mol. The van der Waals surface area contributed by atoms with Crippen molar-refractivity contribution in [3.8, 4) is 11.5 Å². The van der Waals surface area contributed by atoms with Crippen LogP contribution in [0.2, 0.25) is 0 Å². The van der Waals surface area contributed by atoms with E-state index in [1.54, 1.807) is 0 Å². The summed E-state index contributed by atoms with van der Waals surface area (Å²) in [6.45, 7) is 17.0. The number of benzene rings is 1. The summed E-state index contributed by atoms with van der Waals surface area (Å²) in [5, 5.41) is 23.0. The lowest BCUT2D eigenvalue weighted by Crippen LogP contribution is -2.80.